The number of halogens is 2. The number of rotatable bonds is 9. The molecule has 0 saturated heterocycles. The molecule has 174 valence electrons. The minimum Gasteiger partial charge on any atom is -0.207 e. The van der Waals surface area contributed by atoms with Crippen LogP contribution in [0.4, 0.5) is 8.78 Å². The molecule has 2 aliphatic rings. The third-order valence-electron chi connectivity index (χ3n) is 8.40. The zero-order valence-electron chi connectivity index (χ0n) is 19.9. The van der Waals surface area contributed by atoms with Crippen LogP contribution >= 0.6 is 0 Å². The Kier molecular flexibility index (Phi) is 8.02. The maximum atomic E-state index is 15.5. The van der Waals surface area contributed by atoms with E-state index < -0.39 is 0 Å². The van der Waals surface area contributed by atoms with Crippen molar-refractivity contribution in [1.82, 2.24) is 0 Å². The molecule has 0 amide bonds. The number of aryl methyl sites for hydroxylation is 1. The Morgan fingerprint density at radius 2 is 1.78 bits per heavy atom. The lowest BCUT2D eigenvalue weighted by Crippen LogP contribution is -2.30. The van der Waals surface area contributed by atoms with Gasteiger partial charge in [0.15, 0.2) is 0 Å². The molecule has 2 aliphatic carbocycles. The van der Waals surface area contributed by atoms with E-state index in [1.54, 1.807) is 6.08 Å². The molecule has 4 rings (SSSR count). The van der Waals surface area contributed by atoms with Gasteiger partial charge < -0.3 is 0 Å². The zero-order valence-corrected chi connectivity index (χ0v) is 19.9. The molecule has 0 nitrogen and oxygen atoms in total. The number of hydrogen-bond donors (Lipinski definition) is 0. The third kappa shape index (κ3) is 5.26. The Hall–Kier alpha value is -1.70. The largest absolute Gasteiger partial charge is 0.207 e. The second-order valence-electron chi connectivity index (χ2n) is 10.5. The topological polar surface area (TPSA) is 0 Å². The molecule has 0 aromatic heterocycles. The Bertz CT molecular complexity index is 915. The van der Waals surface area contributed by atoms with Crippen LogP contribution in [0.3, 0.4) is 0 Å². The van der Waals surface area contributed by atoms with Crippen LogP contribution in [-0.2, 0) is 6.42 Å². The van der Waals surface area contributed by atoms with Crippen LogP contribution in [0.2, 0.25) is 0 Å². The molecule has 2 aromatic carbocycles. The summed E-state index contributed by atoms with van der Waals surface area (Å²) >= 11 is 0. The van der Waals surface area contributed by atoms with E-state index in [4.69, 9.17) is 0 Å². The molecule has 2 fully saturated rings. The minimum absolute atomic E-state index is 0.190. The van der Waals surface area contributed by atoms with Crippen LogP contribution in [0.15, 0.2) is 36.9 Å². The molecule has 2 aromatic rings. The fraction of sp³-hybridized carbons (Fsp3) is 0.600. The molecular formula is C30H40F2. The third-order valence-corrected chi connectivity index (χ3v) is 8.40. The summed E-state index contributed by atoms with van der Waals surface area (Å²) in [6.07, 6.45) is 17.5. The number of allylic oxidation sites excluding steroid dienone is 1. The fourth-order valence-corrected chi connectivity index (χ4v) is 6.53. The van der Waals surface area contributed by atoms with E-state index in [1.165, 1.54) is 63.9 Å². The SMILES string of the molecule is C=CCCc1cc2ccc(C3CCC4CC(CCCCCC)CCC4C3)c(F)c2cc1F. The normalized spacial score (nSPS) is 25.6. The molecule has 2 heteroatoms. The Morgan fingerprint density at radius 3 is 2.59 bits per heavy atom. The highest BCUT2D eigenvalue weighted by molar-refractivity contribution is 5.85. The first-order valence-corrected chi connectivity index (χ1v) is 13.1. The van der Waals surface area contributed by atoms with E-state index in [9.17, 15) is 4.39 Å². The summed E-state index contributed by atoms with van der Waals surface area (Å²) in [5.41, 5.74) is 1.47. The van der Waals surface area contributed by atoms with Gasteiger partial charge in [0.1, 0.15) is 11.6 Å². The van der Waals surface area contributed by atoms with Crippen LogP contribution in [0, 0.1) is 29.4 Å². The zero-order chi connectivity index (χ0) is 22.5. The van der Waals surface area contributed by atoms with E-state index in [2.05, 4.69) is 13.5 Å². The Labute approximate surface area is 193 Å². The van der Waals surface area contributed by atoms with Crippen molar-refractivity contribution >= 4 is 10.8 Å². The van der Waals surface area contributed by atoms with Crippen molar-refractivity contribution < 1.29 is 8.78 Å². The van der Waals surface area contributed by atoms with Crippen molar-refractivity contribution in [2.75, 3.05) is 0 Å². The van der Waals surface area contributed by atoms with Crippen molar-refractivity contribution in [3.05, 3.63) is 59.7 Å². The highest BCUT2D eigenvalue weighted by Crippen LogP contribution is 2.49. The van der Waals surface area contributed by atoms with Crippen molar-refractivity contribution in [3.8, 4) is 0 Å². The average molecular weight is 439 g/mol. The van der Waals surface area contributed by atoms with Crippen LogP contribution in [0.5, 0.6) is 0 Å². The van der Waals surface area contributed by atoms with Gasteiger partial charge >= 0.3 is 0 Å². The summed E-state index contributed by atoms with van der Waals surface area (Å²) < 4.78 is 30.1. The summed E-state index contributed by atoms with van der Waals surface area (Å²) in [6.45, 7) is 5.99. The van der Waals surface area contributed by atoms with Gasteiger partial charge in [0.25, 0.3) is 0 Å². The molecule has 32 heavy (non-hydrogen) atoms. The number of benzene rings is 2. The first-order valence-electron chi connectivity index (χ1n) is 13.1. The van der Waals surface area contributed by atoms with Crippen LogP contribution in [0.25, 0.3) is 10.8 Å². The molecule has 0 radical (unpaired) electrons. The van der Waals surface area contributed by atoms with Crippen LogP contribution in [0.1, 0.15) is 101 Å². The van der Waals surface area contributed by atoms with Crippen molar-refractivity contribution in [2.45, 2.75) is 96.3 Å². The van der Waals surface area contributed by atoms with Gasteiger partial charge in [-0.25, -0.2) is 8.78 Å². The fourth-order valence-electron chi connectivity index (χ4n) is 6.53. The molecular weight excluding hydrogens is 398 g/mol. The molecule has 0 spiro atoms. The predicted molar refractivity (Wildman–Crippen MR) is 132 cm³/mol. The summed E-state index contributed by atoms with van der Waals surface area (Å²) in [5, 5.41) is 1.25. The lowest BCUT2D eigenvalue weighted by atomic mass is 9.63. The Morgan fingerprint density at radius 1 is 0.969 bits per heavy atom. The molecule has 0 N–H and O–H groups in total. The summed E-state index contributed by atoms with van der Waals surface area (Å²) in [5.74, 6) is 2.30. The second kappa shape index (κ2) is 10.9. The summed E-state index contributed by atoms with van der Waals surface area (Å²) in [4.78, 5) is 0. The molecule has 0 aliphatic heterocycles. The van der Waals surface area contributed by atoms with Gasteiger partial charge in [0.2, 0.25) is 0 Å². The molecule has 2 saturated carbocycles. The molecule has 4 unspecified atom stereocenters. The van der Waals surface area contributed by atoms with Crippen LogP contribution in [-0.4, -0.2) is 0 Å². The second-order valence-corrected chi connectivity index (χ2v) is 10.5. The Balaban J connectivity index is 1.42. The van der Waals surface area contributed by atoms with Crippen molar-refractivity contribution in [2.24, 2.45) is 17.8 Å². The predicted octanol–water partition coefficient (Wildman–Crippen LogP) is 9.51. The van der Waals surface area contributed by atoms with E-state index in [-0.39, 0.29) is 17.6 Å². The molecule has 0 heterocycles. The highest BCUT2D eigenvalue weighted by Gasteiger charge is 2.36. The minimum atomic E-state index is -0.295. The number of fused-ring (bicyclic) bond motifs is 2. The monoisotopic (exact) mass is 438 g/mol. The lowest BCUT2D eigenvalue weighted by molar-refractivity contribution is 0.112. The summed E-state index contributed by atoms with van der Waals surface area (Å²) in [7, 11) is 0. The van der Waals surface area contributed by atoms with Crippen LogP contribution < -0.4 is 0 Å². The van der Waals surface area contributed by atoms with E-state index in [0.29, 0.717) is 17.4 Å². The highest BCUT2D eigenvalue weighted by atomic mass is 19.1. The van der Waals surface area contributed by atoms with Gasteiger partial charge in [0.05, 0.1) is 0 Å². The van der Waals surface area contributed by atoms with Gasteiger partial charge in [-0.1, -0.05) is 63.7 Å². The van der Waals surface area contributed by atoms with Gasteiger partial charge in [-0.3, -0.25) is 0 Å². The average Bonchev–Trinajstić information content (AvgIpc) is 2.81. The van der Waals surface area contributed by atoms with Gasteiger partial charge in [0, 0.05) is 5.39 Å². The quantitative estimate of drug-likeness (QED) is 0.270. The van der Waals surface area contributed by atoms with Gasteiger partial charge in [-0.15, -0.1) is 6.58 Å². The van der Waals surface area contributed by atoms with E-state index >= 15 is 4.39 Å². The van der Waals surface area contributed by atoms with Crippen molar-refractivity contribution in [1.29, 1.82) is 0 Å². The first kappa shape index (κ1) is 23.5. The smallest absolute Gasteiger partial charge is 0.134 e. The summed E-state index contributed by atoms with van der Waals surface area (Å²) in [6, 6.07) is 7.22. The van der Waals surface area contributed by atoms with E-state index in [0.717, 1.165) is 48.0 Å². The molecule has 4 atom stereocenters. The molecule has 0 bridgehead atoms. The maximum absolute atomic E-state index is 15.5. The lowest BCUT2D eigenvalue weighted by Gasteiger charge is -2.42. The van der Waals surface area contributed by atoms with E-state index in [1.807, 2.05) is 18.2 Å². The van der Waals surface area contributed by atoms with Gasteiger partial charge in [-0.2, -0.15) is 0 Å². The number of hydrogen-bond acceptors (Lipinski definition) is 0. The first-order chi connectivity index (χ1) is 15.6. The van der Waals surface area contributed by atoms with Gasteiger partial charge in [-0.05, 0) is 97.3 Å². The maximum Gasteiger partial charge on any atom is 0.134 e. The van der Waals surface area contributed by atoms with Crippen molar-refractivity contribution in [3.63, 3.8) is 0 Å². The standard InChI is InChI=1S/C30H40F2/c1-3-5-7-8-9-21-11-12-23-18-24(14-13-22(23)17-21)27-16-15-25-19-26(10-6-4-2)29(31)20-28(25)30(27)32/h4,15-16,19-24H,2-3,5-14,17-18H2,1H3. The number of unbranched alkanes of at least 4 members (excludes halogenated alkanes) is 3.